The lowest BCUT2D eigenvalue weighted by Gasteiger charge is -2.36. The molecule has 1 aromatic heterocycles. The van der Waals surface area contributed by atoms with Crippen LogP contribution in [0.25, 0.3) is 11.6 Å². The number of fused-ring (bicyclic) bond motifs is 1. The fraction of sp³-hybridized carbons (Fsp3) is 0.160. The molecule has 0 unspecified atom stereocenters. The van der Waals surface area contributed by atoms with Gasteiger partial charge in [-0.1, -0.05) is 30.3 Å². The molecule has 2 aromatic carbocycles. The Balaban J connectivity index is 1.25. The Labute approximate surface area is 180 Å². The molecule has 1 fully saturated rings. The van der Waals surface area contributed by atoms with Crippen LogP contribution < -0.4 is 10.2 Å². The molecular formula is C25H22N4O2. The maximum atomic E-state index is 12.6. The summed E-state index contributed by atoms with van der Waals surface area (Å²) in [5.74, 6) is 0.571. The van der Waals surface area contributed by atoms with Gasteiger partial charge in [0.25, 0.3) is 11.8 Å². The Morgan fingerprint density at radius 2 is 1.65 bits per heavy atom. The van der Waals surface area contributed by atoms with Gasteiger partial charge < -0.3 is 15.1 Å². The average molecular weight is 410 g/mol. The van der Waals surface area contributed by atoms with Gasteiger partial charge in [-0.3, -0.25) is 9.59 Å². The average Bonchev–Trinajstić information content (AvgIpc) is 3.15. The van der Waals surface area contributed by atoms with E-state index in [0.29, 0.717) is 24.5 Å². The third-order valence-corrected chi connectivity index (χ3v) is 5.73. The van der Waals surface area contributed by atoms with Gasteiger partial charge in [-0.25, -0.2) is 4.98 Å². The predicted molar refractivity (Wildman–Crippen MR) is 122 cm³/mol. The van der Waals surface area contributed by atoms with Crippen LogP contribution in [0.5, 0.6) is 0 Å². The molecule has 1 saturated heterocycles. The Morgan fingerprint density at radius 3 is 2.39 bits per heavy atom. The molecule has 0 atom stereocenters. The van der Waals surface area contributed by atoms with Crippen molar-refractivity contribution in [2.24, 2.45) is 0 Å². The van der Waals surface area contributed by atoms with Gasteiger partial charge in [0, 0.05) is 49.2 Å². The molecule has 3 heterocycles. The number of aromatic nitrogens is 1. The zero-order valence-corrected chi connectivity index (χ0v) is 17.0. The molecule has 0 bridgehead atoms. The minimum absolute atomic E-state index is 0.0897. The quantitative estimate of drug-likeness (QED) is 0.671. The lowest BCUT2D eigenvalue weighted by Crippen LogP contribution is -2.48. The fourth-order valence-electron chi connectivity index (χ4n) is 4.04. The van der Waals surface area contributed by atoms with Crippen molar-refractivity contribution in [3.8, 4) is 0 Å². The van der Waals surface area contributed by atoms with E-state index in [1.54, 1.807) is 6.20 Å². The molecular weight excluding hydrogens is 388 g/mol. The summed E-state index contributed by atoms with van der Waals surface area (Å²) >= 11 is 0. The third kappa shape index (κ3) is 3.80. The van der Waals surface area contributed by atoms with Crippen molar-refractivity contribution in [3.63, 3.8) is 0 Å². The van der Waals surface area contributed by atoms with E-state index in [4.69, 9.17) is 0 Å². The highest BCUT2D eigenvalue weighted by Crippen LogP contribution is 2.31. The van der Waals surface area contributed by atoms with Gasteiger partial charge in [0.1, 0.15) is 5.82 Å². The number of pyridine rings is 1. The normalized spacial score (nSPS) is 16.9. The Morgan fingerprint density at radius 1 is 0.903 bits per heavy atom. The monoisotopic (exact) mass is 410 g/mol. The lowest BCUT2D eigenvalue weighted by atomic mass is 10.1. The smallest absolute Gasteiger partial charge is 0.257 e. The first-order valence-electron chi connectivity index (χ1n) is 10.4. The van der Waals surface area contributed by atoms with Crippen molar-refractivity contribution in [2.75, 3.05) is 36.4 Å². The van der Waals surface area contributed by atoms with Crippen LogP contribution >= 0.6 is 0 Å². The van der Waals surface area contributed by atoms with Crippen LogP contribution in [-0.4, -0.2) is 47.9 Å². The van der Waals surface area contributed by atoms with E-state index in [-0.39, 0.29) is 11.8 Å². The highest BCUT2D eigenvalue weighted by molar-refractivity contribution is 6.34. The molecule has 5 rings (SSSR count). The molecule has 2 aliphatic rings. The molecule has 0 spiro atoms. The van der Waals surface area contributed by atoms with Crippen LogP contribution in [0, 0.1) is 0 Å². The number of hydrogen-bond donors (Lipinski definition) is 1. The van der Waals surface area contributed by atoms with E-state index >= 15 is 0 Å². The Bertz CT molecular complexity index is 1150. The molecule has 3 aromatic rings. The zero-order valence-electron chi connectivity index (χ0n) is 17.0. The third-order valence-electron chi connectivity index (χ3n) is 5.73. The van der Waals surface area contributed by atoms with Gasteiger partial charge in [0.05, 0.1) is 5.57 Å². The van der Waals surface area contributed by atoms with Crippen LogP contribution in [0.4, 0.5) is 11.5 Å². The van der Waals surface area contributed by atoms with Crippen LogP contribution in [-0.2, 0) is 4.79 Å². The molecule has 0 aliphatic carbocycles. The standard InChI is InChI=1S/C25H22N4O2/c30-24-22(21-7-4-12-26-23(21)27-24)17-18-8-10-20(11-9-18)28-13-15-29(16-14-28)25(31)19-5-2-1-3-6-19/h1-12,17H,13-16H2,(H,26,27,30)/b22-17-. The second-order valence-corrected chi connectivity index (χ2v) is 7.65. The van der Waals surface area contributed by atoms with Crippen molar-refractivity contribution < 1.29 is 9.59 Å². The van der Waals surface area contributed by atoms with E-state index < -0.39 is 0 Å². The molecule has 2 aliphatic heterocycles. The van der Waals surface area contributed by atoms with Crippen molar-refractivity contribution in [3.05, 3.63) is 89.6 Å². The van der Waals surface area contributed by atoms with Gasteiger partial charge in [-0.15, -0.1) is 0 Å². The first-order chi connectivity index (χ1) is 15.2. The number of hydrogen-bond acceptors (Lipinski definition) is 4. The van der Waals surface area contributed by atoms with Crippen molar-refractivity contribution in [1.82, 2.24) is 9.88 Å². The number of nitrogens with one attached hydrogen (secondary N) is 1. The van der Waals surface area contributed by atoms with Crippen LogP contribution in [0.1, 0.15) is 21.5 Å². The number of benzene rings is 2. The number of carbonyl (C=O) groups is 2. The van der Waals surface area contributed by atoms with Gasteiger partial charge in [-0.2, -0.15) is 0 Å². The molecule has 0 saturated carbocycles. The largest absolute Gasteiger partial charge is 0.368 e. The maximum absolute atomic E-state index is 12.6. The van der Waals surface area contributed by atoms with E-state index in [1.807, 2.05) is 65.6 Å². The van der Waals surface area contributed by atoms with Gasteiger partial charge in [0.2, 0.25) is 0 Å². The molecule has 154 valence electrons. The Kier molecular flexibility index (Phi) is 4.96. The molecule has 2 amide bonds. The second-order valence-electron chi connectivity index (χ2n) is 7.65. The summed E-state index contributed by atoms with van der Waals surface area (Å²) in [5, 5.41) is 2.80. The zero-order chi connectivity index (χ0) is 21.2. The number of amides is 2. The fourth-order valence-corrected chi connectivity index (χ4v) is 4.04. The summed E-state index contributed by atoms with van der Waals surface area (Å²) in [4.78, 5) is 33.3. The summed E-state index contributed by atoms with van der Waals surface area (Å²) in [6.45, 7) is 2.98. The van der Waals surface area contributed by atoms with E-state index in [2.05, 4.69) is 27.3 Å². The lowest BCUT2D eigenvalue weighted by molar-refractivity contribution is -0.110. The van der Waals surface area contributed by atoms with Crippen molar-refractivity contribution >= 4 is 35.0 Å². The number of carbonyl (C=O) groups excluding carboxylic acids is 2. The van der Waals surface area contributed by atoms with Gasteiger partial charge in [0.15, 0.2) is 0 Å². The van der Waals surface area contributed by atoms with E-state index in [0.717, 1.165) is 35.5 Å². The minimum Gasteiger partial charge on any atom is -0.368 e. The van der Waals surface area contributed by atoms with Crippen LogP contribution in [0.15, 0.2) is 72.9 Å². The SMILES string of the molecule is O=C1Nc2ncccc2/C1=C/c1ccc(N2CCN(C(=O)c3ccccc3)CC2)cc1. The number of anilines is 2. The first kappa shape index (κ1) is 19.1. The predicted octanol–water partition coefficient (Wildman–Crippen LogP) is 3.54. The van der Waals surface area contributed by atoms with Gasteiger partial charge >= 0.3 is 0 Å². The highest BCUT2D eigenvalue weighted by atomic mass is 16.2. The van der Waals surface area contributed by atoms with Crippen LogP contribution in [0.3, 0.4) is 0 Å². The first-order valence-corrected chi connectivity index (χ1v) is 10.4. The number of nitrogens with zero attached hydrogens (tertiary/aromatic N) is 3. The van der Waals surface area contributed by atoms with Crippen molar-refractivity contribution in [2.45, 2.75) is 0 Å². The molecule has 31 heavy (non-hydrogen) atoms. The highest BCUT2D eigenvalue weighted by Gasteiger charge is 2.25. The molecule has 6 nitrogen and oxygen atoms in total. The van der Waals surface area contributed by atoms with Crippen LogP contribution in [0.2, 0.25) is 0 Å². The topological polar surface area (TPSA) is 65.5 Å². The second kappa shape index (κ2) is 8.07. The molecule has 1 N–H and O–H groups in total. The summed E-state index contributed by atoms with van der Waals surface area (Å²) in [6.07, 6.45) is 3.56. The molecule has 0 radical (unpaired) electrons. The summed E-state index contributed by atoms with van der Waals surface area (Å²) in [6, 6.07) is 21.3. The van der Waals surface area contributed by atoms with E-state index in [9.17, 15) is 9.59 Å². The minimum atomic E-state index is -0.128. The maximum Gasteiger partial charge on any atom is 0.257 e. The van der Waals surface area contributed by atoms with Gasteiger partial charge in [-0.05, 0) is 48.0 Å². The molecule has 6 heteroatoms. The number of piperazine rings is 1. The van der Waals surface area contributed by atoms with Crippen molar-refractivity contribution in [1.29, 1.82) is 0 Å². The van der Waals surface area contributed by atoms with E-state index in [1.165, 1.54) is 0 Å². The summed E-state index contributed by atoms with van der Waals surface area (Å²) in [5.41, 5.74) is 4.27. The summed E-state index contributed by atoms with van der Waals surface area (Å²) < 4.78 is 0. The number of rotatable bonds is 3. The summed E-state index contributed by atoms with van der Waals surface area (Å²) in [7, 11) is 0. The Hall–Kier alpha value is -3.93.